The van der Waals surface area contributed by atoms with Crippen LogP contribution in [0, 0.1) is 0 Å². The number of rotatable bonds is 2. The standard InChI is InChI=1S/C13H13NO4S/c15-12(14-7-19-6-9(14)13(16)17)11-5-8-3-1-2-4-10(8)18-11/h1-4,9,11H,5-7H2,(H,16,17). The van der Waals surface area contributed by atoms with Crippen molar-refractivity contribution in [3.63, 3.8) is 0 Å². The van der Waals surface area contributed by atoms with Gasteiger partial charge in [0.15, 0.2) is 6.10 Å². The van der Waals surface area contributed by atoms with E-state index >= 15 is 0 Å². The molecule has 1 saturated heterocycles. The van der Waals surface area contributed by atoms with Crippen molar-refractivity contribution in [1.29, 1.82) is 0 Å². The normalized spacial score (nSPS) is 24.9. The Labute approximate surface area is 114 Å². The number of para-hydroxylation sites is 1. The molecule has 2 aliphatic rings. The lowest BCUT2D eigenvalue weighted by Gasteiger charge is -2.23. The summed E-state index contributed by atoms with van der Waals surface area (Å²) in [5.74, 6) is 0.411. The second-order valence-corrected chi connectivity index (χ2v) is 5.58. The predicted octanol–water partition coefficient (Wildman–Crippen LogP) is 0.976. The molecule has 1 aromatic carbocycles. The highest BCUT2D eigenvalue weighted by Gasteiger charge is 2.40. The summed E-state index contributed by atoms with van der Waals surface area (Å²) in [6.07, 6.45) is -0.0689. The van der Waals surface area contributed by atoms with Gasteiger partial charge in [0.05, 0.1) is 5.88 Å². The van der Waals surface area contributed by atoms with Crippen LogP contribution in [0.5, 0.6) is 5.75 Å². The van der Waals surface area contributed by atoms with E-state index in [9.17, 15) is 9.59 Å². The van der Waals surface area contributed by atoms with Crippen molar-refractivity contribution < 1.29 is 19.4 Å². The lowest BCUT2D eigenvalue weighted by molar-refractivity contribution is -0.150. The van der Waals surface area contributed by atoms with Crippen molar-refractivity contribution >= 4 is 23.6 Å². The molecule has 0 radical (unpaired) electrons. The first-order chi connectivity index (χ1) is 9.16. The zero-order chi connectivity index (χ0) is 13.4. The molecule has 19 heavy (non-hydrogen) atoms. The van der Waals surface area contributed by atoms with Crippen LogP contribution in [0.1, 0.15) is 5.56 Å². The Kier molecular flexibility index (Phi) is 3.10. The molecule has 0 aromatic heterocycles. The third-order valence-electron chi connectivity index (χ3n) is 3.37. The first-order valence-corrected chi connectivity index (χ1v) is 7.18. The van der Waals surface area contributed by atoms with Gasteiger partial charge in [-0.15, -0.1) is 11.8 Å². The maximum Gasteiger partial charge on any atom is 0.327 e. The number of hydrogen-bond donors (Lipinski definition) is 1. The fourth-order valence-electron chi connectivity index (χ4n) is 2.37. The van der Waals surface area contributed by atoms with Crippen molar-refractivity contribution in [3.05, 3.63) is 29.8 Å². The summed E-state index contributed by atoms with van der Waals surface area (Å²) in [5, 5.41) is 9.10. The van der Waals surface area contributed by atoms with Crippen molar-refractivity contribution in [2.75, 3.05) is 11.6 Å². The zero-order valence-corrected chi connectivity index (χ0v) is 10.9. The van der Waals surface area contributed by atoms with E-state index < -0.39 is 18.1 Å². The molecule has 3 rings (SSSR count). The summed E-state index contributed by atoms with van der Waals surface area (Å²) >= 11 is 1.46. The molecule has 2 heterocycles. The Balaban J connectivity index is 1.74. The molecule has 6 heteroatoms. The summed E-state index contributed by atoms with van der Waals surface area (Å²) in [5.41, 5.74) is 1.000. The van der Waals surface area contributed by atoms with E-state index in [1.54, 1.807) is 0 Å². The van der Waals surface area contributed by atoms with E-state index in [1.165, 1.54) is 16.7 Å². The second-order valence-electron chi connectivity index (χ2n) is 4.58. The van der Waals surface area contributed by atoms with Gasteiger partial charge in [-0.1, -0.05) is 18.2 Å². The zero-order valence-electron chi connectivity index (χ0n) is 10.1. The van der Waals surface area contributed by atoms with E-state index in [2.05, 4.69) is 0 Å². The van der Waals surface area contributed by atoms with E-state index in [-0.39, 0.29) is 5.91 Å². The lowest BCUT2D eigenvalue weighted by atomic mass is 10.1. The number of nitrogens with zero attached hydrogens (tertiary/aromatic N) is 1. The molecule has 0 spiro atoms. The average molecular weight is 279 g/mol. The first kappa shape index (κ1) is 12.3. The molecule has 0 saturated carbocycles. The Morgan fingerprint density at radius 2 is 2.16 bits per heavy atom. The number of carbonyl (C=O) groups excluding carboxylic acids is 1. The minimum absolute atomic E-state index is 0.228. The van der Waals surface area contributed by atoms with Crippen LogP contribution >= 0.6 is 11.8 Å². The fourth-order valence-corrected chi connectivity index (χ4v) is 3.52. The number of amides is 1. The van der Waals surface area contributed by atoms with Crippen molar-refractivity contribution in [2.45, 2.75) is 18.6 Å². The van der Waals surface area contributed by atoms with E-state index in [0.717, 1.165) is 11.3 Å². The van der Waals surface area contributed by atoms with Gasteiger partial charge in [0.1, 0.15) is 11.8 Å². The molecule has 2 aliphatic heterocycles. The third kappa shape index (κ3) is 2.16. The molecule has 1 amide bonds. The number of thioether (sulfide) groups is 1. The van der Waals surface area contributed by atoms with Gasteiger partial charge in [-0.2, -0.15) is 0 Å². The van der Waals surface area contributed by atoms with Gasteiger partial charge in [-0.05, 0) is 11.6 Å². The van der Waals surface area contributed by atoms with Crippen molar-refractivity contribution in [2.24, 2.45) is 0 Å². The number of aliphatic carboxylic acids is 1. The SMILES string of the molecule is O=C(O)C1CSCN1C(=O)C1Cc2ccccc2O1. The fraction of sp³-hybridized carbons (Fsp3) is 0.385. The Morgan fingerprint density at radius 1 is 1.37 bits per heavy atom. The molecule has 1 N–H and O–H groups in total. The Hall–Kier alpha value is -1.69. The van der Waals surface area contributed by atoms with Crippen LogP contribution in [-0.4, -0.2) is 45.7 Å². The Morgan fingerprint density at radius 3 is 2.89 bits per heavy atom. The van der Waals surface area contributed by atoms with Crippen LogP contribution in [0.4, 0.5) is 0 Å². The quantitative estimate of drug-likeness (QED) is 0.874. The van der Waals surface area contributed by atoms with E-state index in [1.807, 2.05) is 24.3 Å². The van der Waals surface area contributed by atoms with Crippen molar-refractivity contribution in [1.82, 2.24) is 4.90 Å². The lowest BCUT2D eigenvalue weighted by Crippen LogP contribution is -2.47. The van der Waals surface area contributed by atoms with Crippen LogP contribution in [-0.2, 0) is 16.0 Å². The Bertz CT molecular complexity index is 508. The molecule has 0 aliphatic carbocycles. The largest absolute Gasteiger partial charge is 0.480 e. The summed E-state index contributed by atoms with van der Waals surface area (Å²) in [7, 11) is 0. The number of carboxylic acid groups (broad SMARTS) is 1. The molecule has 2 atom stereocenters. The van der Waals surface area contributed by atoms with Gasteiger partial charge in [0, 0.05) is 12.2 Å². The van der Waals surface area contributed by atoms with Gasteiger partial charge >= 0.3 is 5.97 Å². The number of ether oxygens (including phenoxy) is 1. The maximum atomic E-state index is 12.4. The molecule has 0 bridgehead atoms. The topological polar surface area (TPSA) is 66.8 Å². The number of carbonyl (C=O) groups is 2. The van der Waals surface area contributed by atoms with Crippen LogP contribution in [0.3, 0.4) is 0 Å². The highest BCUT2D eigenvalue weighted by molar-refractivity contribution is 7.99. The van der Waals surface area contributed by atoms with E-state index in [0.29, 0.717) is 18.1 Å². The van der Waals surface area contributed by atoms with E-state index in [4.69, 9.17) is 9.84 Å². The van der Waals surface area contributed by atoms with Gasteiger partial charge in [0.2, 0.25) is 0 Å². The van der Waals surface area contributed by atoms with Crippen LogP contribution in [0.15, 0.2) is 24.3 Å². The number of carboxylic acids is 1. The summed E-state index contributed by atoms with van der Waals surface area (Å²) < 4.78 is 5.62. The summed E-state index contributed by atoms with van der Waals surface area (Å²) in [4.78, 5) is 24.9. The smallest absolute Gasteiger partial charge is 0.327 e. The third-order valence-corrected chi connectivity index (χ3v) is 4.39. The van der Waals surface area contributed by atoms with Gasteiger partial charge in [-0.25, -0.2) is 4.79 Å². The summed E-state index contributed by atoms with van der Waals surface area (Å²) in [6.45, 7) is 0. The molecule has 2 unspecified atom stereocenters. The van der Waals surface area contributed by atoms with Crippen molar-refractivity contribution in [3.8, 4) is 5.75 Å². The van der Waals surface area contributed by atoms with Crippen LogP contribution in [0.25, 0.3) is 0 Å². The highest BCUT2D eigenvalue weighted by Crippen LogP contribution is 2.31. The van der Waals surface area contributed by atoms with Gasteiger partial charge < -0.3 is 14.7 Å². The van der Waals surface area contributed by atoms with Gasteiger partial charge in [0.25, 0.3) is 5.91 Å². The molecule has 1 fully saturated rings. The van der Waals surface area contributed by atoms with Gasteiger partial charge in [-0.3, -0.25) is 4.79 Å². The molecular formula is C13H13NO4S. The monoisotopic (exact) mass is 279 g/mol. The first-order valence-electron chi connectivity index (χ1n) is 6.02. The molecule has 100 valence electrons. The number of benzene rings is 1. The minimum Gasteiger partial charge on any atom is -0.480 e. The molecular weight excluding hydrogens is 266 g/mol. The molecule has 1 aromatic rings. The predicted molar refractivity (Wildman–Crippen MR) is 70.2 cm³/mol. The molecule has 5 nitrogen and oxygen atoms in total. The second kappa shape index (κ2) is 4.77. The minimum atomic E-state index is -0.950. The number of hydrogen-bond acceptors (Lipinski definition) is 4. The number of fused-ring (bicyclic) bond motifs is 1. The highest BCUT2D eigenvalue weighted by atomic mass is 32.2. The summed E-state index contributed by atoms with van der Waals surface area (Å²) in [6, 6.07) is 6.79. The van der Waals surface area contributed by atoms with Crippen LogP contribution in [0.2, 0.25) is 0 Å². The average Bonchev–Trinajstić information content (AvgIpc) is 3.04. The van der Waals surface area contributed by atoms with Crippen LogP contribution < -0.4 is 4.74 Å². The maximum absolute atomic E-state index is 12.4.